The molecule has 22 heavy (non-hydrogen) atoms. The number of carboxylic acids is 1. The van der Waals surface area contributed by atoms with Crippen LogP contribution in [0, 0.1) is 6.92 Å². The average molecular weight is 294 g/mol. The SMILES string of the molecule is Cc1ccc2oc(-c3cccc(CC(=O)O)c3)cc(=O)c2c1. The largest absolute Gasteiger partial charge is 0.481 e. The number of aliphatic carboxylic acids is 1. The molecule has 0 aliphatic rings. The molecule has 0 spiro atoms. The first-order chi connectivity index (χ1) is 10.5. The highest BCUT2D eigenvalue weighted by atomic mass is 16.4. The third-order valence-electron chi connectivity index (χ3n) is 3.45. The van der Waals surface area contributed by atoms with Gasteiger partial charge in [0.05, 0.1) is 11.8 Å². The highest BCUT2D eigenvalue weighted by Gasteiger charge is 2.08. The van der Waals surface area contributed by atoms with E-state index in [4.69, 9.17) is 9.52 Å². The maximum absolute atomic E-state index is 12.2. The number of benzene rings is 2. The van der Waals surface area contributed by atoms with Crippen LogP contribution in [0.3, 0.4) is 0 Å². The number of fused-ring (bicyclic) bond motifs is 1. The van der Waals surface area contributed by atoms with Crippen molar-refractivity contribution in [2.24, 2.45) is 0 Å². The number of carboxylic acid groups (broad SMARTS) is 1. The predicted molar refractivity (Wildman–Crippen MR) is 84.0 cm³/mol. The number of hydrogen-bond donors (Lipinski definition) is 1. The van der Waals surface area contributed by atoms with E-state index in [2.05, 4.69) is 0 Å². The van der Waals surface area contributed by atoms with Crippen LogP contribution in [0.25, 0.3) is 22.3 Å². The van der Waals surface area contributed by atoms with Crippen molar-refractivity contribution in [2.45, 2.75) is 13.3 Å². The zero-order valence-electron chi connectivity index (χ0n) is 12.0. The van der Waals surface area contributed by atoms with Crippen molar-refractivity contribution < 1.29 is 14.3 Å². The quantitative estimate of drug-likeness (QED) is 0.804. The van der Waals surface area contributed by atoms with Crippen LogP contribution in [-0.4, -0.2) is 11.1 Å². The van der Waals surface area contributed by atoms with E-state index in [1.165, 1.54) is 6.07 Å². The van der Waals surface area contributed by atoms with Gasteiger partial charge in [-0.05, 0) is 30.7 Å². The third-order valence-corrected chi connectivity index (χ3v) is 3.45. The molecular weight excluding hydrogens is 280 g/mol. The van der Waals surface area contributed by atoms with Crippen LogP contribution >= 0.6 is 0 Å². The van der Waals surface area contributed by atoms with Crippen LogP contribution in [0.15, 0.2) is 57.7 Å². The summed E-state index contributed by atoms with van der Waals surface area (Å²) in [7, 11) is 0. The number of aryl methyl sites for hydroxylation is 1. The zero-order valence-corrected chi connectivity index (χ0v) is 12.0. The highest BCUT2D eigenvalue weighted by molar-refractivity contribution is 5.79. The standard InChI is InChI=1S/C18H14O4/c1-11-5-6-16-14(7-11)15(19)10-17(22-16)13-4-2-3-12(8-13)9-18(20)21/h2-8,10H,9H2,1H3,(H,20,21). The Labute approximate surface area is 126 Å². The van der Waals surface area contributed by atoms with Crippen LogP contribution in [-0.2, 0) is 11.2 Å². The number of carbonyl (C=O) groups is 1. The lowest BCUT2D eigenvalue weighted by Crippen LogP contribution is -2.02. The van der Waals surface area contributed by atoms with Gasteiger partial charge in [0, 0.05) is 11.6 Å². The molecule has 0 atom stereocenters. The van der Waals surface area contributed by atoms with Crippen molar-refractivity contribution in [3.8, 4) is 11.3 Å². The Hall–Kier alpha value is -2.88. The van der Waals surface area contributed by atoms with Gasteiger partial charge in [0.2, 0.25) is 0 Å². The zero-order chi connectivity index (χ0) is 15.7. The summed E-state index contributed by atoms with van der Waals surface area (Å²) in [5.41, 5.74) is 2.77. The van der Waals surface area contributed by atoms with Gasteiger partial charge >= 0.3 is 5.97 Å². The van der Waals surface area contributed by atoms with Crippen LogP contribution in [0.2, 0.25) is 0 Å². The topological polar surface area (TPSA) is 67.5 Å². The van der Waals surface area contributed by atoms with Crippen molar-refractivity contribution in [3.05, 3.63) is 69.9 Å². The first-order valence-corrected chi connectivity index (χ1v) is 6.88. The molecule has 0 unspecified atom stereocenters. The smallest absolute Gasteiger partial charge is 0.307 e. The van der Waals surface area contributed by atoms with E-state index in [0.29, 0.717) is 27.9 Å². The molecule has 1 heterocycles. The molecule has 4 nitrogen and oxygen atoms in total. The molecule has 3 aromatic rings. The fourth-order valence-corrected chi connectivity index (χ4v) is 2.42. The van der Waals surface area contributed by atoms with Gasteiger partial charge in [-0.25, -0.2) is 0 Å². The molecule has 0 amide bonds. The summed E-state index contributed by atoms with van der Waals surface area (Å²) in [6.07, 6.45) is -0.0646. The molecule has 0 saturated carbocycles. The van der Waals surface area contributed by atoms with E-state index in [1.807, 2.05) is 13.0 Å². The van der Waals surface area contributed by atoms with Crippen LogP contribution in [0.1, 0.15) is 11.1 Å². The lowest BCUT2D eigenvalue weighted by atomic mass is 10.1. The molecule has 0 saturated heterocycles. The minimum Gasteiger partial charge on any atom is -0.481 e. The molecule has 0 bridgehead atoms. The summed E-state index contributed by atoms with van der Waals surface area (Å²) in [6, 6.07) is 13.9. The predicted octanol–water partition coefficient (Wildman–Crippen LogP) is 3.40. The summed E-state index contributed by atoms with van der Waals surface area (Å²) >= 11 is 0. The van der Waals surface area contributed by atoms with Crippen molar-refractivity contribution in [1.29, 1.82) is 0 Å². The molecule has 1 aromatic heterocycles. The third kappa shape index (κ3) is 2.76. The minimum atomic E-state index is -0.896. The van der Waals surface area contributed by atoms with Crippen molar-refractivity contribution in [3.63, 3.8) is 0 Å². The second-order valence-electron chi connectivity index (χ2n) is 5.25. The highest BCUT2D eigenvalue weighted by Crippen LogP contribution is 2.23. The molecule has 0 aliphatic heterocycles. The Morgan fingerprint density at radius 1 is 1.14 bits per heavy atom. The van der Waals surface area contributed by atoms with Crippen molar-refractivity contribution >= 4 is 16.9 Å². The van der Waals surface area contributed by atoms with E-state index in [-0.39, 0.29) is 11.8 Å². The van der Waals surface area contributed by atoms with Gasteiger partial charge < -0.3 is 9.52 Å². The molecule has 1 N–H and O–H groups in total. The second-order valence-corrected chi connectivity index (χ2v) is 5.25. The molecule has 0 aliphatic carbocycles. The van der Waals surface area contributed by atoms with Gasteiger partial charge in [0.1, 0.15) is 11.3 Å². The van der Waals surface area contributed by atoms with Gasteiger partial charge in [0.25, 0.3) is 0 Å². The van der Waals surface area contributed by atoms with Gasteiger partial charge in [-0.3, -0.25) is 9.59 Å². The van der Waals surface area contributed by atoms with Crippen LogP contribution in [0.4, 0.5) is 0 Å². The van der Waals surface area contributed by atoms with Crippen LogP contribution < -0.4 is 5.43 Å². The van der Waals surface area contributed by atoms with E-state index in [9.17, 15) is 9.59 Å². The summed E-state index contributed by atoms with van der Waals surface area (Å²) in [4.78, 5) is 23.0. The maximum atomic E-state index is 12.2. The summed E-state index contributed by atoms with van der Waals surface area (Å²) in [6.45, 7) is 1.92. The fraction of sp³-hybridized carbons (Fsp3) is 0.111. The maximum Gasteiger partial charge on any atom is 0.307 e. The number of rotatable bonds is 3. The van der Waals surface area contributed by atoms with E-state index in [0.717, 1.165) is 5.56 Å². The molecule has 0 radical (unpaired) electrons. The molecule has 4 heteroatoms. The Balaban J connectivity index is 2.12. The Morgan fingerprint density at radius 3 is 2.73 bits per heavy atom. The Bertz CT molecular complexity index is 922. The lowest BCUT2D eigenvalue weighted by Gasteiger charge is -2.05. The molecular formula is C18H14O4. The van der Waals surface area contributed by atoms with E-state index >= 15 is 0 Å². The van der Waals surface area contributed by atoms with Crippen molar-refractivity contribution in [2.75, 3.05) is 0 Å². The van der Waals surface area contributed by atoms with Gasteiger partial charge in [0.15, 0.2) is 5.43 Å². The first kappa shape index (κ1) is 14.1. The average Bonchev–Trinajstić information content (AvgIpc) is 2.47. The van der Waals surface area contributed by atoms with E-state index in [1.54, 1.807) is 36.4 Å². The van der Waals surface area contributed by atoms with Crippen molar-refractivity contribution in [1.82, 2.24) is 0 Å². The number of hydrogen-bond acceptors (Lipinski definition) is 3. The monoisotopic (exact) mass is 294 g/mol. The summed E-state index contributed by atoms with van der Waals surface area (Å²) in [5, 5.41) is 9.41. The molecule has 0 fully saturated rings. The Kier molecular flexibility index (Phi) is 3.51. The minimum absolute atomic E-state index is 0.0646. The summed E-state index contributed by atoms with van der Waals surface area (Å²) < 4.78 is 5.80. The van der Waals surface area contributed by atoms with Gasteiger partial charge in [-0.2, -0.15) is 0 Å². The summed E-state index contributed by atoms with van der Waals surface area (Å²) in [5.74, 6) is -0.457. The fourth-order valence-electron chi connectivity index (χ4n) is 2.42. The van der Waals surface area contributed by atoms with Gasteiger partial charge in [-0.15, -0.1) is 0 Å². The van der Waals surface area contributed by atoms with Gasteiger partial charge in [-0.1, -0.05) is 29.8 Å². The molecule has 110 valence electrons. The van der Waals surface area contributed by atoms with E-state index < -0.39 is 5.97 Å². The van der Waals surface area contributed by atoms with Crippen LogP contribution in [0.5, 0.6) is 0 Å². The molecule has 3 rings (SSSR count). The second kappa shape index (κ2) is 5.48. The Morgan fingerprint density at radius 2 is 1.95 bits per heavy atom. The molecule has 2 aromatic carbocycles. The lowest BCUT2D eigenvalue weighted by molar-refractivity contribution is -0.136. The first-order valence-electron chi connectivity index (χ1n) is 6.88. The normalized spacial score (nSPS) is 10.8.